The van der Waals surface area contributed by atoms with E-state index in [0.29, 0.717) is 19.3 Å². The summed E-state index contributed by atoms with van der Waals surface area (Å²) in [5.74, 6) is 1.13. The average molecular weight is 563 g/mol. The first-order chi connectivity index (χ1) is 17.2. The Labute approximate surface area is 237 Å². The van der Waals surface area contributed by atoms with Crippen LogP contribution in [0.4, 0.5) is 5.69 Å². The first-order valence-electron chi connectivity index (χ1n) is 12.7. The van der Waals surface area contributed by atoms with Crippen LogP contribution in [-0.2, 0) is 17.6 Å². The summed E-state index contributed by atoms with van der Waals surface area (Å²) >= 11 is 1.90. The zero-order valence-corrected chi connectivity index (χ0v) is 23.8. The van der Waals surface area contributed by atoms with Gasteiger partial charge in [-0.25, -0.2) is 4.99 Å². The summed E-state index contributed by atoms with van der Waals surface area (Å²) in [6.45, 7) is 7.15. The number of nitrogens with zero attached hydrogens (tertiary/aromatic N) is 3. The Balaban J connectivity index is 0.00000190. The van der Waals surface area contributed by atoms with Crippen molar-refractivity contribution in [2.24, 2.45) is 4.99 Å². The van der Waals surface area contributed by atoms with Crippen molar-refractivity contribution in [2.75, 3.05) is 46.0 Å². The molecule has 0 bridgehead atoms. The standard InChI is InChI=1S/C29H35N3O2S.2ClH/c1-22-19-26-28(35-22)20-24-9-5-6-10-27(24)30-29(26)32-14-13-31(15-17-34-18-16-33)25(21-32)12-11-23-7-3-2-4-8-23;;/h2-10,19,25,33H,11-18,20-21H2,1H3;2*1H/t25-;;/m0../s1. The molecule has 0 spiro atoms. The van der Waals surface area contributed by atoms with Gasteiger partial charge in [0.2, 0.25) is 0 Å². The Morgan fingerprint density at radius 1 is 1.03 bits per heavy atom. The molecule has 1 aromatic heterocycles. The Bertz CT molecular complexity index is 1160. The summed E-state index contributed by atoms with van der Waals surface area (Å²) < 4.78 is 5.62. The molecule has 5 rings (SSSR count). The third-order valence-corrected chi connectivity index (χ3v) is 8.06. The van der Waals surface area contributed by atoms with Crippen molar-refractivity contribution >= 4 is 47.7 Å². The number of aryl methyl sites for hydroxylation is 2. The van der Waals surface area contributed by atoms with Crippen LogP contribution in [0.15, 0.2) is 65.7 Å². The highest BCUT2D eigenvalue weighted by Crippen LogP contribution is 2.34. The van der Waals surface area contributed by atoms with Crippen LogP contribution in [0.1, 0.15) is 32.9 Å². The van der Waals surface area contributed by atoms with Crippen LogP contribution in [0.3, 0.4) is 0 Å². The molecule has 1 N–H and O–H groups in total. The van der Waals surface area contributed by atoms with E-state index < -0.39 is 0 Å². The highest BCUT2D eigenvalue weighted by molar-refractivity contribution is 7.12. The number of amidine groups is 1. The Kier molecular flexibility index (Phi) is 11.4. The SMILES string of the molecule is Cc1cc2c(s1)Cc1ccccc1N=C2N1CCN(CCOCCO)[C@@H](CCc2ccccc2)C1.Cl.Cl. The molecular formula is C29H37Cl2N3O2S. The summed E-state index contributed by atoms with van der Waals surface area (Å²) in [7, 11) is 0. The molecule has 2 aliphatic heterocycles. The number of thiophene rings is 1. The van der Waals surface area contributed by atoms with Gasteiger partial charge in [0.15, 0.2) is 0 Å². The Morgan fingerprint density at radius 2 is 1.81 bits per heavy atom. The second-order valence-corrected chi connectivity index (χ2v) is 10.8. The number of aliphatic imine (C=N–C) groups is 1. The molecule has 0 saturated carbocycles. The average Bonchev–Trinajstić information content (AvgIpc) is 3.17. The normalized spacial score (nSPS) is 17.1. The molecule has 2 aromatic carbocycles. The van der Waals surface area contributed by atoms with Crippen LogP contribution in [0.25, 0.3) is 0 Å². The van der Waals surface area contributed by atoms with Gasteiger partial charge in [0.25, 0.3) is 0 Å². The van der Waals surface area contributed by atoms with Crippen molar-refractivity contribution in [1.29, 1.82) is 0 Å². The minimum atomic E-state index is 0. The number of benzene rings is 2. The van der Waals surface area contributed by atoms with Crippen LogP contribution in [-0.4, -0.2) is 72.8 Å². The number of halogens is 2. The Hall–Kier alpha value is -1.93. The van der Waals surface area contributed by atoms with E-state index in [2.05, 4.69) is 77.4 Å². The second-order valence-electron chi connectivity index (χ2n) is 9.43. The van der Waals surface area contributed by atoms with Gasteiger partial charge in [0.1, 0.15) is 5.84 Å². The van der Waals surface area contributed by atoms with E-state index in [1.807, 2.05) is 11.3 Å². The third kappa shape index (κ3) is 7.34. The minimum Gasteiger partial charge on any atom is -0.394 e. The number of ether oxygens (including phenoxy) is 1. The molecule has 0 unspecified atom stereocenters. The first kappa shape index (κ1) is 29.6. The fourth-order valence-electron chi connectivity index (χ4n) is 5.22. The van der Waals surface area contributed by atoms with Gasteiger partial charge >= 0.3 is 0 Å². The zero-order chi connectivity index (χ0) is 24.0. The lowest BCUT2D eigenvalue weighted by Crippen LogP contribution is -2.55. The molecule has 0 radical (unpaired) electrons. The van der Waals surface area contributed by atoms with Gasteiger partial charge in [-0.1, -0.05) is 48.5 Å². The monoisotopic (exact) mass is 561 g/mol. The van der Waals surface area contributed by atoms with Crippen LogP contribution in [0, 0.1) is 6.92 Å². The molecule has 0 aliphatic carbocycles. The molecule has 1 saturated heterocycles. The maximum atomic E-state index is 9.06. The molecule has 5 nitrogen and oxygen atoms in total. The van der Waals surface area contributed by atoms with E-state index in [1.165, 1.54) is 26.4 Å². The highest BCUT2D eigenvalue weighted by Gasteiger charge is 2.31. The highest BCUT2D eigenvalue weighted by atomic mass is 35.5. The molecule has 2 aliphatic rings. The molecule has 200 valence electrons. The number of fused-ring (bicyclic) bond motifs is 2. The van der Waals surface area contributed by atoms with Gasteiger partial charge in [-0.3, -0.25) is 4.90 Å². The molecule has 8 heteroatoms. The van der Waals surface area contributed by atoms with Gasteiger partial charge in [-0.15, -0.1) is 36.2 Å². The van der Waals surface area contributed by atoms with Gasteiger partial charge in [-0.05, 0) is 43.0 Å². The van der Waals surface area contributed by atoms with Crippen LogP contribution < -0.4 is 0 Å². The summed E-state index contributed by atoms with van der Waals surface area (Å²) in [6.07, 6.45) is 3.11. The largest absolute Gasteiger partial charge is 0.394 e. The van der Waals surface area contributed by atoms with E-state index >= 15 is 0 Å². The predicted molar refractivity (Wildman–Crippen MR) is 159 cm³/mol. The number of piperazine rings is 1. The lowest BCUT2D eigenvalue weighted by Gasteiger charge is -2.43. The molecule has 37 heavy (non-hydrogen) atoms. The zero-order valence-electron chi connectivity index (χ0n) is 21.3. The Morgan fingerprint density at radius 3 is 2.62 bits per heavy atom. The fraction of sp³-hybridized carbons (Fsp3) is 0.414. The maximum absolute atomic E-state index is 9.06. The number of hydrogen-bond acceptors (Lipinski definition) is 6. The van der Waals surface area contributed by atoms with Crippen LogP contribution in [0.5, 0.6) is 0 Å². The van der Waals surface area contributed by atoms with Crippen molar-refractivity contribution in [1.82, 2.24) is 9.80 Å². The number of aliphatic hydroxyl groups is 1. The van der Waals surface area contributed by atoms with Crippen LogP contribution in [0.2, 0.25) is 0 Å². The summed E-state index contributed by atoms with van der Waals surface area (Å²) in [5, 5.41) is 9.06. The molecular weight excluding hydrogens is 525 g/mol. The summed E-state index contributed by atoms with van der Waals surface area (Å²) in [6, 6.07) is 22.1. The minimum absolute atomic E-state index is 0. The number of hydrogen-bond donors (Lipinski definition) is 1. The maximum Gasteiger partial charge on any atom is 0.137 e. The lowest BCUT2D eigenvalue weighted by atomic mass is 10.0. The molecule has 1 fully saturated rings. The molecule has 3 aromatic rings. The van der Waals surface area contributed by atoms with Crippen molar-refractivity contribution < 1.29 is 9.84 Å². The fourth-order valence-corrected chi connectivity index (χ4v) is 6.27. The van der Waals surface area contributed by atoms with Gasteiger partial charge in [-0.2, -0.15) is 0 Å². The van der Waals surface area contributed by atoms with Crippen molar-refractivity contribution in [3.05, 3.63) is 87.1 Å². The summed E-state index contributed by atoms with van der Waals surface area (Å²) in [5.41, 5.74) is 5.11. The molecule has 1 atom stereocenters. The first-order valence-corrected chi connectivity index (χ1v) is 13.5. The van der Waals surface area contributed by atoms with E-state index in [1.54, 1.807) is 0 Å². The number of rotatable bonds is 8. The van der Waals surface area contributed by atoms with E-state index in [-0.39, 0.29) is 31.4 Å². The molecule has 0 amide bonds. The molecule has 3 heterocycles. The second kappa shape index (κ2) is 14.3. The predicted octanol–water partition coefficient (Wildman–Crippen LogP) is 5.51. The van der Waals surface area contributed by atoms with Crippen LogP contribution >= 0.6 is 36.2 Å². The smallest absolute Gasteiger partial charge is 0.137 e. The quantitative estimate of drug-likeness (QED) is 0.368. The van der Waals surface area contributed by atoms with Gasteiger partial charge < -0.3 is 14.7 Å². The lowest BCUT2D eigenvalue weighted by molar-refractivity contribution is 0.0427. The third-order valence-electron chi connectivity index (χ3n) is 7.01. The van der Waals surface area contributed by atoms with Crippen molar-refractivity contribution in [2.45, 2.75) is 32.2 Å². The van der Waals surface area contributed by atoms with Crippen molar-refractivity contribution in [3.63, 3.8) is 0 Å². The van der Waals surface area contributed by atoms with Crippen molar-refractivity contribution in [3.8, 4) is 0 Å². The van der Waals surface area contributed by atoms with E-state index in [4.69, 9.17) is 14.8 Å². The van der Waals surface area contributed by atoms with Gasteiger partial charge in [0, 0.05) is 54.0 Å². The van der Waals surface area contributed by atoms with E-state index in [9.17, 15) is 0 Å². The topological polar surface area (TPSA) is 48.3 Å². The van der Waals surface area contributed by atoms with E-state index in [0.717, 1.165) is 57.0 Å². The van der Waals surface area contributed by atoms with Gasteiger partial charge in [0.05, 0.1) is 25.5 Å². The number of aliphatic hydroxyl groups excluding tert-OH is 1. The number of para-hydroxylation sites is 1. The summed E-state index contributed by atoms with van der Waals surface area (Å²) in [4.78, 5) is 13.1.